The summed E-state index contributed by atoms with van der Waals surface area (Å²) in [6.07, 6.45) is 2.41. The lowest BCUT2D eigenvalue weighted by Gasteiger charge is -2.19. The second kappa shape index (κ2) is 6.03. The van der Waals surface area contributed by atoms with Crippen molar-refractivity contribution >= 4 is 9.84 Å². The molecule has 5 heteroatoms. The first kappa shape index (κ1) is 14.5. The Morgan fingerprint density at radius 1 is 1.26 bits per heavy atom. The number of rotatable bonds is 7. The molecule has 0 amide bonds. The summed E-state index contributed by atoms with van der Waals surface area (Å²) < 4.78 is 24.5. The number of hydrogen-bond donors (Lipinski definition) is 1. The predicted octanol–water partition coefficient (Wildman–Crippen LogP) is 1.40. The lowest BCUT2D eigenvalue weighted by Crippen LogP contribution is -2.31. The average molecular weight is 282 g/mol. The lowest BCUT2D eigenvalue weighted by molar-refractivity contribution is 0.294. The molecule has 0 bridgehead atoms. The van der Waals surface area contributed by atoms with Gasteiger partial charge in [0, 0.05) is 19.1 Å². The number of hydrogen-bond acceptors (Lipinski definition) is 4. The van der Waals surface area contributed by atoms with Gasteiger partial charge in [-0.25, -0.2) is 8.42 Å². The van der Waals surface area contributed by atoms with Crippen LogP contribution in [0.3, 0.4) is 0 Å². The zero-order chi connectivity index (χ0) is 13.9. The van der Waals surface area contributed by atoms with Gasteiger partial charge in [-0.3, -0.25) is 4.90 Å². The molecular weight excluding hydrogens is 260 g/mol. The molecule has 0 aliphatic heterocycles. The minimum absolute atomic E-state index is 0.194. The third-order valence-corrected chi connectivity index (χ3v) is 5.35. The van der Waals surface area contributed by atoms with Crippen LogP contribution in [-0.2, 0) is 16.4 Å². The summed E-state index contributed by atoms with van der Waals surface area (Å²) in [6, 6.07) is 7.49. The van der Waals surface area contributed by atoms with Crippen molar-refractivity contribution in [1.82, 2.24) is 4.90 Å². The van der Waals surface area contributed by atoms with Gasteiger partial charge in [-0.05, 0) is 37.1 Å². The summed E-state index contributed by atoms with van der Waals surface area (Å²) in [7, 11) is -3.18. The molecule has 19 heavy (non-hydrogen) atoms. The first-order valence-electron chi connectivity index (χ1n) is 6.82. The second-order valence-corrected chi connectivity index (χ2v) is 7.14. The van der Waals surface area contributed by atoms with E-state index in [2.05, 4.69) is 11.8 Å². The van der Waals surface area contributed by atoms with Crippen LogP contribution in [0.25, 0.3) is 0 Å². The Morgan fingerprint density at radius 2 is 1.89 bits per heavy atom. The van der Waals surface area contributed by atoms with E-state index in [4.69, 9.17) is 5.73 Å². The molecule has 0 atom stereocenters. The smallest absolute Gasteiger partial charge is 0.179 e. The predicted molar refractivity (Wildman–Crippen MR) is 76.7 cm³/mol. The largest absolute Gasteiger partial charge is 0.326 e. The van der Waals surface area contributed by atoms with E-state index < -0.39 is 9.84 Å². The minimum atomic E-state index is -3.18. The average Bonchev–Trinajstić information content (AvgIpc) is 3.24. The zero-order valence-electron chi connectivity index (χ0n) is 11.4. The van der Waals surface area contributed by atoms with Gasteiger partial charge in [-0.1, -0.05) is 19.1 Å². The molecule has 1 aliphatic rings. The molecule has 1 aromatic rings. The van der Waals surface area contributed by atoms with Gasteiger partial charge in [0.2, 0.25) is 0 Å². The first-order chi connectivity index (χ1) is 9.06. The van der Waals surface area contributed by atoms with Crippen molar-refractivity contribution < 1.29 is 8.42 Å². The molecule has 1 aliphatic carbocycles. The molecule has 0 spiro atoms. The Kier molecular flexibility index (Phi) is 4.60. The molecule has 1 aromatic carbocycles. The highest BCUT2D eigenvalue weighted by atomic mass is 32.2. The van der Waals surface area contributed by atoms with Gasteiger partial charge in [-0.2, -0.15) is 0 Å². The summed E-state index contributed by atoms with van der Waals surface area (Å²) in [5, 5.41) is 0. The van der Waals surface area contributed by atoms with Crippen LogP contribution in [0.15, 0.2) is 29.2 Å². The summed E-state index contributed by atoms with van der Waals surface area (Å²) in [5.41, 5.74) is 6.46. The molecule has 1 fully saturated rings. The van der Waals surface area contributed by atoms with Crippen LogP contribution in [0.1, 0.15) is 25.3 Å². The maximum absolute atomic E-state index is 12.2. The van der Waals surface area contributed by atoms with Crippen molar-refractivity contribution in [2.24, 2.45) is 5.73 Å². The third-order valence-electron chi connectivity index (χ3n) is 3.63. The number of nitrogens with zero attached hydrogens (tertiary/aromatic N) is 1. The monoisotopic (exact) mass is 282 g/mol. The standard InChI is InChI=1S/C14H22N2O2S/c1-2-16(13-5-6-13)9-10-19(17,18)14-7-3-12(11-15)4-8-14/h3-4,7-8,13H,2,5-6,9-11,15H2,1H3. The fourth-order valence-electron chi connectivity index (χ4n) is 2.23. The number of benzene rings is 1. The molecule has 0 radical (unpaired) electrons. The first-order valence-corrected chi connectivity index (χ1v) is 8.48. The Bertz CT molecular complexity index is 507. The van der Waals surface area contributed by atoms with E-state index in [1.807, 2.05) is 0 Å². The maximum atomic E-state index is 12.2. The fourth-order valence-corrected chi connectivity index (χ4v) is 3.49. The molecule has 1 saturated carbocycles. The summed E-state index contributed by atoms with van der Waals surface area (Å²) in [4.78, 5) is 2.66. The van der Waals surface area contributed by atoms with E-state index in [0.29, 0.717) is 24.0 Å². The van der Waals surface area contributed by atoms with Gasteiger partial charge in [0.1, 0.15) is 0 Å². The molecule has 106 valence electrons. The molecule has 0 unspecified atom stereocenters. The van der Waals surface area contributed by atoms with Gasteiger partial charge >= 0.3 is 0 Å². The quantitative estimate of drug-likeness (QED) is 0.821. The lowest BCUT2D eigenvalue weighted by atomic mass is 10.2. The van der Waals surface area contributed by atoms with E-state index in [1.54, 1.807) is 24.3 Å². The summed E-state index contributed by atoms with van der Waals surface area (Å²) >= 11 is 0. The zero-order valence-corrected chi connectivity index (χ0v) is 12.2. The van der Waals surface area contributed by atoms with Gasteiger partial charge in [-0.15, -0.1) is 0 Å². The topological polar surface area (TPSA) is 63.4 Å². The van der Waals surface area contributed by atoms with E-state index in [0.717, 1.165) is 12.1 Å². The van der Waals surface area contributed by atoms with Crippen LogP contribution in [0.4, 0.5) is 0 Å². The molecule has 4 nitrogen and oxygen atoms in total. The fraction of sp³-hybridized carbons (Fsp3) is 0.571. The SMILES string of the molecule is CCN(CCS(=O)(=O)c1ccc(CN)cc1)C1CC1. The third kappa shape index (κ3) is 3.78. The normalized spacial score (nSPS) is 15.9. The minimum Gasteiger partial charge on any atom is -0.326 e. The van der Waals surface area contributed by atoms with Gasteiger partial charge in [0.05, 0.1) is 10.6 Å². The Morgan fingerprint density at radius 3 is 2.37 bits per heavy atom. The van der Waals surface area contributed by atoms with Crippen molar-refractivity contribution in [3.05, 3.63) is 29.8 Å². The summed E-state index contributed by atoms with van der Waals surface area (Å²) in [5.74, 6) is 0.194. The molecule has 2 rings (SSSR count). The highest BCUT2D eigenvalue weighted by molar-refractivity contribution is 7.91. The van der Waals surface area contributed by atoms with Gasteiger partial charge in [0.15, 0.2) is 9.84 Å². The van der Waals surface area contributed by atoms with Crippen LogP contribution >= 0.6 is 0 Å². The highest BCUT2D eigenvalue weighted by Gasteiger charge is 2.28. The molecular formula is C14H22N2O2S. The van der Waals surface area contributed by atoms with Crippen molar-refractivity contribution in [1.29, 1.82) is 0 Å². The van der Waals surface area contributed by atoms with Crippen LogP contribution < -0.4 is 5.73 Å². The Hall–Kier alpha value is -0.910. The van der Waals surface area contributed by atoms with Crippen molar-refractivity contribution in [3.8, 4) is 0 Å². The van der Waals surface area contributed by atoms with Crippen LogP contribution in [0, 0.1) is 0 Å². The second-order valence-electron chi connectivity index (χ2n) is 5.03. The molecule has 0 saturated heterocycles. The Balaban J connectivity index is 2.00. The number of sulfone groups is 1. The van der Waals surface area contributed by atoms with E-state index in [9.17, 15) is 8.42 Å². The highest BCUT2D eigenvalue weighted by Crippen LogP contribution is 2.26. The van der Waals surface area contributed by atoms with Crippen LogP contribution in [0.5, 0.6) is 0 Å². The van der Waals surface area contributed by atoms with Crippen molar-refractivity contribution in [2.75, 3.05) is 18.8 Å². The van der Waals surface area contributed by atoms with E-state index >= 15 is 0 Å². The molecule has 0 heterocycles. The van der Waals surface area contributed by atoms with Crippen molar-refractivity contribution in [3.63, 3.8) is 0 Å². The van der Waals surface area contributed by atoms with E-state index in [-0.39, 0.29) is 5.75 Å². The van der Waals surface area contributed by atoms with Gasteiger partial charge in [0.25, 0.3) is 0 Å². The van der Waals surface area contributed by atoms with Crippen molar-refractivity contribution in [2.45, 2.75) is 37.2 Å². The van der Waals surface area contributed by atoms with Gasteiger partial charge < -0.3 is 5.73 Å². The maximum Gasteiger partial charge on any atom is 0.179 e. The van der Waals surface area contributed by atoms with Crippen LogP contribution in [0.2, 0.25) is 0 Å². The van der Waals surface area contributed by atoms with E-state index in [1.165, 1.54) is 12.8 Å². The molecule has 0 aromatic heterocycles. The summed E-state index contributed by atoms with van der Waals surface area (Å²) in [6.45, 7) is 4.07. The van der Waals surface area contributed by atoms with Crippen LogP contribution in [-0.4, -0.2) is 38.2 Å². The number of nitrogens with two attached hydrogens (primary N) is 1. The molecule has 2 N–H and O–H groups in total. The Labute approximate surface area is 115 Å².